The summed E-state index contributed by atoms with van der Waals surface area (Å²) in [5.41, 5.74) is 2.99. The summed E-state index contributed by atoms with van der Waals surface area (Å²) < 4.78 is 10.5. The average Bonchev–Trinajstić information content (AvgIpc) is 3.42. The highest BCUT2D eigenvalue weighted by Gasteiger charge is 2.48. The molecule has 1 aromatic heterocycles. The van der Waals surface area contributed by atoms with Gasteiger partial charge in [-0.2, -0.15) is 0 Å². The topological polar surface area (TPSA) is 106 Å². The second kappa shape index (κ2) is 11.1. The molecule has 40 heavy (non-hydrogen) atoms. The number of carbonyl (C=O) groups excluding carboxylic acids is 3. The molecule has 3 aromatic rings. The average molecular weight is 561 g/mol. The van der Waals surface area contributed by atoms with Crippen molar-refractivity contribution in [2.75, 3.05) is 18.6 Å². The van der Waals surface area contributed by atoms with Crippen LogP contribution in [0.3, 0.4) is 0 Å². The quantitative estimate of drug-likeness (QED) is 0.124. The number of amides is 1. The number of esters is 1. The third kappa shape index (κ3) is 5.29. The molecule has 2 aromatic carbocycles. The molecule has 1 amide bonds. The van der Waals surface area contributed by atoms with Crippen LogP contribution in [0.1, 0.15) is 64.4 Å². The van der Waals surface area contributed by atoms with E-state index < -0.39 is 23.7 Å². The molecule has 2 heterocycles. The maximum absolute atomic E-state index is 13.5. The Morgan fingerprint density at radius 1 is 1.15 bits per heavy atom. The Balaban J connectivity index is 1.90. The zero-order valence-electron chi connectivity index (χ0n) is 23.4. The second-order valence-electron chi connectivity index (χ2n) is 10.5. The molecule has 0 radical (unpaired) electrons. The van der Waals surface area contributed by atoms with Gasteiger partial charge in [0, 0.05) is 5.56 Å². The van der Waals surface area contributed by atoms with E-state index in [1.807, 2.05) is 31.2 Å². The predicted octanol–water partition coefficient (Wildman–Crippen LogP) is 6.04. The third-order valence-corrected chi connectivity index (χ3v) is 7.85. The number of hydrogen-bond donors (Lipinski definition) is 1. The summed E-state index contributed by atoms with van der Waals surface area (Å²) in [6, 6.07) is 11.6. The number of methoxy groups -OCH3 is 1. The summed E-state index contributed by atoms with van der Waals surface area (Å²) in [5, 5.41) is 11.6. The van der Waals surface area contributed by atoms with Gasteiger partial charge in [0.1, 0.15) is 23.0 Å². The summed E-state index contributed by atoms with van der Waals surface area (Å²) >= 11 is 0.956. The molecule has 0 bridgehead atoms. The van der Waals surface area contributed by atoms with Gasteiger partial charge in [-0.15, -0.1) is 0 Å². The first kappa shape index (κ1) is 28.8. The number of aliphatic hydroxyl groups is 1. The standard InChI is InChI=1S/C31H32N2O6S/c1-8-15-39-29(37)27-18(3)32-30(40-27)33-24(19-9-12-21(13-10-19)31(4,5)6)23(26(35)28(33)36)25(34)20-11-14-22(38-7)17(2)16-20/h8-14,16,24,34H,1,15H2,2-7H3/b25-23+/t24-/m1/s1. The highest BCUT2D eigenvalue weighted by atomic mass is 32.1. The van der Waals surface area contributed by atoms with Crippen LogP contribution in [0.15, 0.2) is 60.7 Å². The monoisotopic (exact) mass is 560 g/mol. The van der Waals surface area contributed by atoms with Gasteiger partial charge in [-0.05, 0) is 54.2 Å². The maximum Gasteiger partial charge on any atom is 0.350 e. The highest BCUT2D eigenvalue weighted by molar-refractivity contribution is 7.17. The summed E-state index contributed by atoms with van der Waals surface area (Å²) in [4.78, 5) is 45.6. The van der Waals surface area contributed by atoms with Gasteiger partial charge in [-0.25, -0.2) is 9.78 Å². The van der Waals surface area contributed by atoms with E-state index in [-0.39, 0.29) is 33.4 Å². The SMILES string of the molecule is C=CCOC(=O)c1sc(N2C(=O)C(=O)/C(=C(/O)c3ccc(OC)c(C)c3)[C@H]2c2ccc(C(C)(C)C)cc2)nc1C. The Bertz CT molecular complexity index is 1530. The van der Waals surface area contributed by atoms with E-state index in [2.05, 4.69) is 32.3 Å². The van der Waals surface area contributed by atoms with Crippen molar-refractivity contribution in [1.82, 2.24) is 4.98 Å². The smallest absolute Gasteiger partial charge is 0.350 e. The fourth-order valence-corrected chi connectivity index (χ4v) is 5.55. The number of ketones is 1. The fourth-order valence-electron chi connectivity index (χ4n) is 4.57. The number of aryl methyl sites for hydroxylation is 2. The molecule has 8 nitrogen and oxygen atoms in total. The number of thiazole rings is 1. The highest BCUT2D eigenvalue weighted by Crippen LogP contribution is 2.44. The van der Waals surface area contributed by atoms with Crippen molar-refractivity contribution >= 4 is 39.9 Å². The first-order valence-electron chi connectivity index (χ1n) is 12.7. The molecule has 1 N–H and O–H groups in total. The molecule has 0 spiro atoms. The molecule has 1 atom stereocenters. The van der Waals surface area contributed by atoms with Crippen LogP contribution in [0.4, 0.5) is 5.13 Å². The lowest BCUT2D eigenvalue weighted by atomic mass is 9.85. The molecule has 1 saturated heterocycles. The molecular formula is C31H32N2O6S. The van der Waals surface area contributed by atoms with Gasteiger partial charge < -0.3 is 14.6 Å². The number of ether oxygens (including phenoxy) is 2. The number of benzene rings is 2. The number of carbonyl (C=O) groups is 3. The van der Waals surface area contributed by atoms with Gasteiger partial charge in [0.05, 0.1) is 24.4 Å². The number of anilines is 1. The third-order valence-electron chi connectivity index (χ3n) is 6.71. The number of hydrogen-bond acceptors (Lipinski definition) is 8. The van der Waals surface area contributed by atoms with Crippen molar-refractivity contribution in [3.05, 3.63) is 93.5 Å². The van der Waals surface area contributed by atoms with Gasteiger partial charge in [-0.3, -0.25) is 14.5 Å². The van der Waals surface area contributed by atoms with Crippen LogP contribution < -0.4 is 9.64 Å². The minimum absolute atomic E-state index is 0.0252. The normalized spacial score (nSPS) is 16.8. The van der Waals surface area contributed by atoms with Crippen molar-refractivity contribution in [3.63, 3.8) is 0 Å². The van der Waals surface area contributed by atoms with Crippen LogP contribution in [-0.2, 0) is 19.7 Å². The lowest BCUT2D eigenvalue weighted by Crippen LogP contribution is -2.29. The van der Waals surface area contributed by atoms with Crippen molar-refractivity contribution in [1.29, 1.82) is 0 Å². The van der Waals surface area contributed by atoms with Crippen molar-refractivity contribution < 1.29 is 29.0 Å². The minimum Gasteiger partial charge on any atom is -0.507 e. The van der Waals surface area contributed by atoms with E-state index in [1.165, 1.54) is 11.0 Å². The summed E-state index contributed by atoms with van der Waals surface area (Å²) in [6.07, 6.45) is 1.45. The number of Topliss-reactive ketones (excluding diaryl/α,β-unsaturated/α-hetero) is 1. The van der Waals surface area contributed by atoms with E-state index in [0.717, 1.165) is 22.5 Å². The minimum atomic E-state index is -0.973. The molecule has 4 rings (SSSR count). The molecular weight excluding hydrogens is 528 g/mol. The first-order chi connectivity index (χ1) is 18.9. The van der Waals surface area contributed by atoms with Crippen LogP contribution in [0.25, 0.3) is 5.76 Å². The number of aliphatic hydroxyl groups excluding tert-OH is 1. The zero-order valence-corrected chi connectivity index (χ0v) is 24.2. The van der Waals surface area contributed by atoms with Crippen molar-refractivity contribution in [3.8, 4) is 5.75 Å². The molecule has 9 heteroatoms. The van der Waals surface area contributed by atoms with E-state index >= 15 is 0 Å². The predicted molar refractivity (Wildman–Crippen MR) is 155 cm³/mol. The lowest BCUT2D eigenvalue weighted by molar-refractivity contribution is -0.132. The first-order valence-corrected chi connectivity index (χ1v) is 13.5. The fraction of sp³-hybridized carbons (Fsp3) is 0.290. The van der Waals surface area contributed by atoms with E-state index in [1.54, 1.807) is 32.2 Å². The Hall–Kier alpha value is -4.24. The lowest BCUT2D eigenvalue weighted by Gasteiger charge is -2.25. The van der Waals surface area contributed by atoms with Gasteiger partial charge >= 0.3 is 11.9 Å². The van der Waals surface area contributed by atoms with Gasteiger partial charge in [-0.1, -0.05) is 69.0 Å². The maximum atomic E-state index is 13.5. The van der Waals surface area contributed by atoms with Gasteiger partial charge in [0.25, 0.3) is 5.78 Å². The molecule has 0 unspecified atom stereocenters. The molecule has 0 aliphatic carbocycles. The van der Waals surface area contributed by atoms with Crippen LogP contribution in [0.5, 0.6) is 5.75 Å². The van der Waals surface area contributed by atoms with Gasteiger partial charge in [0.15, 0.2) is 5.13 Å². The zero-order chi connectivity index (χ0) is 29.4. The second-order valence-corrected chi connectivity index (χ2v) is 11.5. The van der Waals surface area contributed by atoms with Crippen molar-refractivity contribution in [2.24, 2.45) is 0 Å². The van der Waals surface area contributed by atoms with Crippen molar-refractivity contribution in [2.45, 2.75) is 46.1 Å². The Morgan fingerprint density at radius 2 is 1.82 bits per heavy atom. The number of aromatic nitrogens is 1. The number of nitrogens with zero attached hydrogens (tertiary/aromatic N) is 2. The largest absolute Gasteiger partial charge is 0.507 e. The summed E-state index contributed by atoms with van der Waals surface area (Å²) in [5.74, 6) is -1.98. The van der Waals surface area contributed by atoms with E-state index in [4.69, 9.17) is 9.47 Å². The summed E-state index contributed by atoms with van der Waals surface area (Å²) in [6.45, 7) is 13.3. The van der Waals surface area contributed by atoms with Crippen LogP contribution in [-0.4, -0.2) is 41.5 Å². The Morgan fingerprint density at radius 3 is 2.40 bits per heavy atom. The number of rotatable bonds is 7. The van der Waals surface area contributed by atoms with Crippen LogP contribution >= 0.6 is 11.3 Å². The molecule has 1 aliphatic heterocycles. The molecule has 1 fully saturated rings. The Labute approximate surface area is 237 Å². The van der Waals surface area contributed by atoms with Crippen LogP contribution in [0.2, 0.25) is 0 Å². The van der Waals surface area contributed by atoms with Gasteiger partial charge in [0.2, 0.25) is 0 Å². The summed E-state index contributed by atoms with van der Waals surface area (Å²) in [7, 11) is 1.55. The van der Waals surface area contributed by atoms with E-state index in [9.17, 15) is 19.5 Å². The van der Waals surface area contributed by atoms with E-state index in [0.29, 0.717) is 22.6 Å². The van der Waals surface area contributed by atoms with Crippen LogP contribution in [0, 0.1) is 13.8 Å². The Kier molecular flexibility index (Phi) is 7.98. The molecule has 1 aliphatic rings. The molecule has 0 saturated carbocycles. The molecule has 208 valence electrons.